The van der Waals surface area contributed by atoms with E-state index in [2.05, 4.69) is 4.98 Å². The maximum atomic E-state index is 12.8. The molecule has 1 aromatic heterocycles. The third-order valence-corrected chi connectivity index (χ3v) is 5.27. The number of carbonyl (C=O) groups is 2. The van der Waals surface area contributed by atoms with Crippen LogP contribution in [0.25, 0.3) is 0 Å². The highest BCUT2D eigenvalue weighted by atomic mass is 16.5. The number of nitrogens with two attached hydrogens (primary N) is 1. The van der Waals surface area contributed by atoms with E-state index in [4.69, 9.17) is 20.3 Å². The lowest BCUT2D eigenvalue weighted by Crippen LogP contribution is -2.44. The molecular weight excluding hydrogens is 374 g/mol. The van der Waals surface area contributed by atoms with Gasteiger partial charge in [-0.3, -0.25) is 4.79 Å². The highest BCUT2D eigenvalue weighted by Crippen LogP contribution is 2.31. The fourth-order valence-electron chi connectivity index (χ4n) is 3.30. The van der Waals surface area contributed by atoms with Crippen LogP contribution in [-0.4, -0.2) is 58.8 Å². The molecule has 1 fully saturated rings. The second-order valence-corrected chi connectivity index (χ2v) is 7.47. The van der Waals surface area contributed by atoms with Gasteiger partial charge < -0.3 is 25.2 Å². The van der Waals surface area contributed by atoms with Gasteiger partial charge in [0.15, 0.2) is 11.6 Å². The summed E-state index contributed by atoms with van der Waals surface area (Å²) in [5.74, 6) is -0.921. The van der Waals surface area contributed by atoms with Crippen molar-refractivity contribution in [1.82, 2.24) is 9.88 Å². The molecule has 1 amide bonds. The average molecular weight is 399 g/mol. The molecular formula is C21H25N3O5. The molecule has 8 heteroatoms. The summed E-state index contributed by atoms with van der Waals surface area (Å²) >= 11 is 0. The van der Waals surface area contributed by atoms with Gasteiger partial charge in [-0.15, -0.1) is 0 Å². The highest BCUT2D eigenvalue weighted by Gasteiger charge is 2.47. The third-order valence-electron chi connectivity index (χ3n) is 5.27. The molecule has 1 aromatic carbocycles. The lowest BCUT2D eigenvalue weighted by Gasteiger charge is -2.29. The van der Waals surface area contributed by atoms with Gasteiger partial charge in [-0.05, 0) is 19.4 Å². The van der Waals surface area contributed by atoms with Crippen molar-refractivity contribution in [3.63, 3.8) is 0 Å². The van der Waals surface area contributed by atoms with E-state index < -0.39 is 17.7 Å². The van der Waals surface area contributed by atoms with Gasteiger partial charge in [0.05, 0.1) is 25.1 Å². The van der Waals surface area contributed by atoms with Crippen molar-refractivity contribution in [2.75, 3.05) is 25.9 Å². The van der Waals surface area contributed by atoms with Crippen LogP contribution in [0.2, 0.25) is 0 Å². The number of rotatable bonds is 6. The molecule has 2 atom stereocenters. The van der Waals surface area contributed by atoms with Crippen molar-refractivity contribution < 1.29 is 24.2 Å². The number of carboxylic acids is 1. The van der Waals surface area contributed by atoms with Crippen LogP contribution in [0.1, 0.15) is 28.4 Å². The molecule has 1 saturated heterocycles. The van der Waals surface area contributed by atoms with Crippen molar-refractivity contribution in [2.24, 2.45) is 0 Å². The predicted molar refractivity (Wildman–Crippen MR) is 107 cm³/mol. The van der Waals surface area contributed by atoms with Crippen molar-refractivity contribution in [3.8, 4) is 5.75 Å². The Morgan fingerprint density at radius 3 is 2.66 bits per heavy atom. The van der Waals surface area contributed by atoms with Gasteiger partial charge in [0.25, 0.3) is 0 Å². The zero-order valence-electron chi connectivity index (χ0n) is 16.7. The molecule has 0 bridgehead atoms. The fourth-order valence-corrected chi connectivity index (χ4v) is 3.30. The molecule has 0 saturated carbocycles. The summed E-state index contributed by atoms with van der Waals surface area (Å²) in [6.07, 6.45) is 0.930. The van der Waals surface area contributed by atoms with Crippen LogP contribution in [0, 0.1) is 6.92 Å². The van der Waals surface area contributed by atoms with E-state index in [1.807, 2.05) is 38.1 Å². The molecule has 3 N–H and O–H groups in total. The number of pyridine rings is 1. The predicted octanol–water partition coefficient (Wildman–Crippen LogP) is 1.91. The first kappa shape index (κ1) is 20.6. The van der Waals surface area contributed by atoms with Crippen molar-refractivity contribution in [3.05, 3.63) is 53.2 Å². The number of benzene rings is 1. The minimum absolute atomic E-state index is 0.0291. The van der Waals surface area contributed by atoms with Crippen LogP contribution in [0.4, 0.5) is 5.82 Å². The number of carbonyl (C=O) groups excluding carboxylic acids is 1. The zero-order chi connectivity index (χ0) is 21.2. The summed E-state index contributed by atoms with van der Waals surface area (Å²) in [4.78, 5) is 29.6. The Labute approximate surface area is 169 Å². The normalized spacial score (nSPS) is 21.2. The van der Waals surface area contributed by atoms with Crippen LogP contribution >= 0.6 is 0 Å². The maximum Gasteiger partial charge on any atom is 0.337 e. The van der Waals surface area contributed by atoms with Gasteiger partial charge in [0.2, 0.25) is 5.91 Å². The second-order valence-electron chi connectivity index (χ2n) is 7.47. The molecule has 29 heavy (non-hydrogen) atoms. The number of carboxylic acid groups (broad SMARTS) is 1. The Kier molecular flexibility index (Phi) is 5.74. The number of nitrogens with zero attached hydrogens (tertiary/aromatic N) is 2. The maximum absolute atomic E-state index is 12.8. The standard InChI is InChI=1S/C21H25N3O5/c1-13-4-6-14(7-5-13)8-18(25)24-11-17(21(2,12-24)28-3)29-16-9-15(20(26)27)10-23-19(16)22/h4-7,9-10,17H,8,11-12H2,1-3H3,(H2,22,23)(H,26,27). The highest BCUT2D eigenvalue weighted by molar-refractivity contribution is 5.88. The van der Waals surface area contributed by atoms with Crippen LogP contribution in [0.3, 0.4) is 0 Å². The van der Waals surface area contributed by atoms with Crippen LogP contribution in [0.5, 0.6) is 5.75 Å². The van der Waals surface area contributed by atoms with E-state index in [0.29, 0.717) is 13.1 Å². The number of ether oxygens (including phenoxy) is 2. The van der Waals surface area contributed by atoms with Crippen LogP contribution in [-0.2, 0) is 16.0 Å². The Bertz CT molecular complexity index is 915. The monoisotopic (exact) mass is 399 g/mol. The topological polar surface area (TPSA) is 115 Å². The molecule has 2 unspecified atom stereocenters. The largest absolute Gasteiger partial charge is 0.482 e. The number of methoxy groups -OCH3 is 1. The molecule has 0 spiro atoms. The SMILES string of the molecule is COC1(C)CN(C(=O)Cc2ccc(C)cc2)CC1Oc1cc(C(=O)O)cnc1N. The van der Waals surface area contributed by atoms with E-state index in [9.17, 15) is 9.59 Å². The van der Waals surface area contributed by atoms with Crippen molar-refractivity contribution >= 4 is 17.7 Å². The molecule has 0 aliphatic carbocycles. The second kappa shape index (κ2) is 8.08. The molecule has 154 valence electrons. The quantitative estimate of drug-likeness (QED) is 0.762. The first-order valence-corrected chi connectivity index (χ1v) is 9.26. The molecule has 2 aromatic rings. The van der Waals surface area contributed by atoms with Gasteiger partial charge >= 0.3 is 5.97 Å². The summed E-state index contributed by atoms with van der Waals surface area (Å²) in [5, 5.41) is 9.17. The summed E-state index contributed by atoms with van der Waals surface area (Å²) in [6.45, 7) is 4.50. The first-order chi connectivity index (χ1) is 13.7. The number of amides is 1. The van der Waals surface area contributed by atoms with E-state index in [-0.39, 0.29) is 29.5 Å². The number of nitrogen functional groups attached to an aromatic ring is 1. The summed E-state index contributed by atoms with van der Waals surface area (Å²) < 4.78 is 11.6. The summed E-state index contributed by atoms with van der Waals surface area (Å²) in [5.41, 5.74) is 7.13. The summed E-state index contributed by atoms with van der Waals surface area (Å²) in [6, 6.07) is 9.16. The molecule has 0 radical (unpaired) electrons. The average Bonchev–Trinajstić information content (AvgIpc) is 3.02. The fraction of sp³-hybridized carbons (Fsp3) is 0.381. The first-order valence-electron chi connectivity index (χ1n) is 9.26. The number of anilines is 1. The van der Waals surface area contributed by atoms with Crippen molar-refractivity contribution in [2.45, 2.75) is 32.0 Å². The van der Waals surface area contributed by atoms with Crippen LogP contribution in [0.15, 0.2) is 36.5 Å². The van der Waals surface area contributed by atoms with Crippen molar-refractivity contribution in [1.29, 1.82) is 0 Å². The molecule has 1 aliphatic rings. The lowest BCUT2D eigenvalue weighted by molar-refractivity contribution is -0.130. The Morgan fingerprint density at radius 2 is 2.03 bits per heavy atom. The number of aryl methyl sites for hydroxylation is 1. The zero-order valence-corrected chi connectivity index (χ0v) is 16.7. The Hall–Kier alpha value is -3.13. The molecule has 8 nitrogen and oxygen atoms in total. The van der Waals surface area contributed by atoms with Gasteiger partial charge in [0, 0.05) is 19.4 Å². The number of hydrogen-bond donors (Lipinski definition) is 2. The van der Waals surface area contributed by atoms with E-state index in [0.717, 1.165) is 11.1 Å². The smallest absolute Gasteiger partial charge is 0.337 e. The number of hydrogen-bond acceptors (Lipinski definition) is 6. The van der Waals surface area contributed by atoms with Crippen LogP contribution < -0.4 is 10.5 Å². The summed E-state index contributed by atoms with van der Waals surface area (Å²) in [7, 11) is 1.56. The Morgan fingerprint density at radius 1 is 1.34 bits per heavy atom. The number of likely N-dealkylation sites (tertiary alicyclic amines) is 1. The number of aromatic carboxylic acids is 1. The number of aromatic nitrogens is 1. The Balaban J connectivity index is 1.76. The molecule has 3 rings (SSSR count). The minimum atomic E-state index is -1.13. The van der Waals surface area contributed by atoms with Gasteiger partial charge in [0.1, 0.15) is 11.7 Å². The molecule has 1 aliphatic heterocycles. The van der Waals surface area contributed by atoms with Gasteiger partial charge in [-0.25, -0.2) is 9.78 Å². The minimum Gasteiger partial charge on any atom is -0.482 e. The lowest BCUT2D eigenvalue weighted by atomic mass is 10.0. The molecule has 2 heterocycles. The van der Waals surface area contributed by atoms with E-state index >= 15 is 0 Å². The van der Waals surface area contributed by atoms with Gasteiger partial charge in [-0.1, -0.05) is 29.8 Å². The van der Waals surface area contributed by atoms with E-state index in [1.165, 1.54) is 12.3 Å². The third kappa shape index (κ3) is 4.48. The van der Waals surface area contributed by atoms with Gasteiger partial charge in [-0.2, -0.15) is 0 Å². The van der Waals surface area contributed by atoms with E-state index in [1.54, 1.807) is 12.0 Å².